The normalized spacial score (nSPS) is 9.85. The third-order valence-corrected chi connectivity index (χ3v) is 2.63. The van der Waals surface area contributed by atoms with Gasteiger partial charge < -0.3 is 15.4 Å². The summed E-state index contributed by atoms with van der Waals surface area (Å²) >= 11 is 0. The maximum Gasteiger partial charge on any atom is 0.251 e. The molecule has 1 aromatic carbocycles. The minimum absolute atomic E-state index is 0.154. The largest absolute Gasteiger partial charge is 0.385 e. The van der Waals surface area contributed by atoms with Crippen molar-refractivity contribution in [3.8, 4) is 0 Å². The minimum atomic E-state index is -0.183. The number of ether oxygens (including phenoxy) is 1. The van der Waals surface area contributed by atoms with E-state index in [2.05, 4.69) is 17.2 Å². The molecule has 0 aliphatic rings. The summed E-state index contributed by atoms with van der Waals surface area (Å²) in [6.45, 7) is 5.12. The van der Waals surface area contributed by atoms with E-state index in [0.29, 0.717) is 30.8 Å². The number of rotatable bonds is 8. The smallest absolute Gasteiger partial charge is 0.251 e. The van der Waals surface area contributed by atoms with Gasteiger partial charge in [0, 0.05) is 37.9 Å². The Balaban J connectivity index is 2.50. The van der Waals surface area contributed by atoms with E-state index in [1.165, 1.54) is 0 Å². The van der Waals surface area contributed by atoms with Gasteiger partial charge in [0.25, 0.3) is 11.8 Å². The van der Waals surface area contributed by atoms with E-state index in [0.717, 1.165) is 6.42 Å². The first kappa shape index (κ1) is 15.9. The lowest BCUT2D eigenvalue weighted by atomic mass is 10.1. The van der Waals surface area contributed by atoms with Crippen molar-refractivity contribution in [3.05, 3.63) is 48.0 Å². The second-order valence-electron chi connectivity index (χ2n) is 4.18. The van der Waals surface area contributed by atoms with E-state index in [-0.39, 0.29) is 11.8 Å². The Morgan fingerprint density at radius 3 is 2.20 bits per heavy atom. The van der Waals surface area contributed by atoms with Crippen LogP contribution >= 0.6 is 0 Å². The van der Waals surface area contributed by atoms with Gasteiger partial charge in [0.2, 0.25) is 0 Å². The summed E-state index contributed by atoms with van der Waals surface area (Å²) in [5.74, 6) is -0.337. The van der Waals surface area contributed by atoms with Crippen molar-refractivity contribution in [1.29, 1.82) is 0 Å². The van der Waals surface area contributed by atoms with Gasteiger partial charge >= 0.3 is 0 Å². The summed E-state index contributed by atoms with van der Waals surface area (Å²) in [4.78, 5) is 23.5. The number of methoxy groups -OCH3 is 1. The zero-order chi connectivity index (χ0) is 14.8. The van der Waals surface area contributed by atoms with Gasteiger partial charge in [-0.2, -0.15) is 0 Å². The highest BCUT2D eigenvalue weighted by Crippen LogP contribution is 2.04. The highest BCUT2D eigenvalue weighted by molar-refractivity contribution is 5.97. The molecular formula is C15H20N2O3. The molecule has 2 N–H and O–H groups in total. The van der Waals surface area contributed by atoms with Crippen molar-refractivity contribution in [3.63, 3.8) is 0 Å². The van der Waals surface area contributed by atoms with Crippen molar-refractivity contribution < 1.29 is 14.3 Å². The highest BCUT2D eigenvalue weighted by Gasteiger charge is 2.07. The summed E-state index contributed by atoms with van der Waals surface area (Å²) < 4.78 is 4.90. The van der Waals surface area contributed by atoms with Crippen LogP contribution in [0.15, 0.2) is 36.9 Å². The van der Waals surface area contributed by atoms with Crippen molar-refractivity contribution in [2.24, 2.45) is 0 Å². The Labute approximate surface area is 119 Å². The van der Waals surface area contributed by atoms with Crippen LogP contribution < -0.4 is 10.6 Å². The van der Waals surface area contributed by atoms with Crippen LogP contribution in [0.2, 0.25) is 0 Å². The summed E-state index contributed by atoms with van der Waals surface area (Å²) in [7, 11) is 1.62. The topological polar surface area (TPSA) is 67.4 Å². The molecule has 0 atom stereocenters. The van der Waals surface area contributed by atoms with Crippen LogP contribution in [0.3, 0.4) is 0 Å². The fourth-order valence-electron chi connectivity index (χ4n) is 1.56. The standard InChI is InChI=1S/C15H20N2O3/c1-3-9-16-14(18)12-5-7-13(8-6-12)15(19)17-10-4-11-20-2/h3,5-8H,1,4,9-11H2,2H3,(H,16,18)(H,17,19). The molecule has 2 amide bonds. The molecule has 108 valence electrons. The van der Waals surface area contributed by atoms with Crippen molar-refractivity contribution in [1.82, 2.24) is 10.6 Å². The molecule has 0 aromatic heterocycles. The third kappa shape index (κ3) is 5.24. The van der Waals surface area contributed by atoms with E-state index in [4.69, 9.17) is 4.74 Å². The highest BCUT2D eigenvalue weighted by atomic mass is 16.5. The molecule has 0 radical (unpaired) electrons. The van der Waals surface area contributed by atoms with Crippen LogP contribution in [0.1, 0.15) is 27.1 Å². The molecule has 1 aromatic rings. The zero-order valence-electron chi connectivity index (χ0n) is 11.6. The van der Waals surface area contributed by atoms with Gasteiger partial charge in [-0.1, -0.05) is 6.08 Å². The zero-order valence-corrected chi connectivity index (χ0v) is 11.6. The van der Waals surface area contributed by atoms with Gasteiger partial charge in [0.15, 0.2) is 0 Å². The molecule has 0 saturated carbocycles. The van der Waals surface area contributed by atoms with Gasteiger partial charge in [-0.3, -0.25) is 9.59 Å². The molecule has 0 fully saturated rings. The lowest BCUT2D eigenvalue weighted by Gasteiger charge is -2.06. The molecule has 0 aliphatic carbocycles. The molecule has 0 heterocycles. The van der Waals surface area contributed by atoms with E-state index in [1.807, 2.05) is 0 Å². The monoisotopic (exact) mass is 276 g/mol. The summed E-state index contributed by atoms with van der Waals surface area (Å²) in [5.41, 5.74) is 1.05. The fourth-order valence-corrected chi connectivity index (χ4v) is 1.56. The third-order valence-electron chi connectivity index (χ3n) is 2.63. The average Bonchev–Trinajstić information content (AvgIpc) is 2.49. The number of carbonyl (C=O) groups excluding carboxylic acids is 2. The second kappa shape index (κ2) is 8.87. The first-order chi connectivity index (χ1) is 9.69. The number of hydrogen-bond acceptors (Lipinski definition) is 3. The predicted octanol–water partition coefficient (Wildman–Crippen LogP) is 1.37. The molecule has 0 bridgehead atoms. The van der Waals surface area contributed by atoms with E-state index >= 15 is 0 Å². The lowest BCUT2D eigenvalue weighted by molar-refractivity contribution is 0.0940. The first-order valence-corrected chi connectivity index (χ1v) is 6.45. The summed E-state index contributed by atoms with van der Waals surface area (Å²) in [6, 6.07) is 6.52. The van der Waals surface area contributed by atoms with Crippen molar-refractivity contribution in [2.75, 3.05) is 26.8 Å². The van der Waals surface area contributed by atoms with Crippen LogP contribution in [-0.4, -0.2) is 38.6 Å². The lowest BCUT2D eigenvalue weighted by Crippen LogP contribution is -2.26. The van der Waals surface area contributed by atoms with E-state index < -0.39 is 0 Å². The molecule has 5 heteroatoms. The van der Waals surface area contributed by atoms with Crippen molar-refractivity contribution >= 4 is 11.8 Å². The molecule has 5 nitrogen and oxygen atoms in total. The molecule has 1 rings (SSSR count). The van der Waals surface area contributed by atoms with Crippen LogP contribution in [0.4, 0.5) is 0 Å². The van der Waals surface area contributed by atoms with E-state index in [9.17, 15) is 9.59 Å². The number of benzene rings is 1. The molecule has 0 unspecified atom stereocenters. The number of amides is 2. The maximum atomic E-state index is 11.8. The maximum absolute atomic E-state index is 11.8. The van der Waals surface area contributed by atoms with Crippen LogP contribution in [0.25, 0.3) is 0 Å². The second-order valence-corrected chi connectivity index (χ2v) is 4.18. The molecule has 20 heavy (non-hydrogen) atoms. The Kier molecular flexibility index (Phi) is 7.06. The minimum Gasteiger partial charge on any atom is -0.385 e. The molecule has 0 spiro atoms. The fraction of sp³-hybridized carbons (Fsp3) is 0.333. The number of hydrogen-bond donors (Lipinski definition) is 2. The van der Waals surface area contributed by atoms with Crippen molar-refractivity contribution in [2.45, 2.75) is 6.42 Å². The molecule has 0 saturated heterocycles. The van der Waals surface area contributed by atoms with Gasteiger partial charge in [-0.25, -0.2) is 0 Å². The quantitative estimate of drug-likeness (QED) is 0.556. The SMILES string of the molecule is C=CCNC(=O)c1ccc(C(=O)NCCCOC)cc1. The van der Waals surface area contributed by atoms with E-state index in [1.54, 1.807) is 37.5 Å². The summed E-state index contributed by atoms with van der Waals surface area (Å²) in [5, 5.41) is 5.46. The Morgan fingerprint density at radius 2 is 1.70 bits per heavy atom. The average molecular weight is 276 g/mol. The van der Waals surface area contributed by atoms with Gasteiger partial charge in [-0.05, 0) is 30.7 Å². The Hall–Kier alpha value is -2.14. The number of carbonyl (C=O) groups is 2. The van der Waals surface area contributed by atoms with Crippen LogP contribution in [0, 0.1) is 0 Å². The van der Waals surface area contributed by atoms with Crippen LogP contribution in [-0.2, 0) is 4.74 Å². The molecular weight excluding hydrogens is 256 g/mol. The first-order valence-electron chi connectivity index (χ1n) is 6.45. The Bertz CT molecular complexity index is 455. The van der Waals surface area contributed by atoms with Crippen LogP contribution in [0.5, 0.6) is 0 Å². The predicted molar refractivity (Wildman–Crippen MR) is 77.8 cm³/mol. The van der Waals surface area contributed by atoms with Gasteiger partial charge in [-0.15, -0.1) is 6.58 Å². The van der Waals surface area contributed by atoms with Gasteiger partial charge in [0.1, 0.15) is 0 Å². The molecule has 0 aliphatic heterocycles. The Morgan fingerprint density at radius 1 is 1.15 bits per heavy atom. The van der Waals surface area contributed by atoms with Gasteiger partial charge in [0.05, 0.1) is 0 Å². The summed E-state index contributed by atoms with van der Waals surface area (Å²) in [6.07, 6.45) is 2.38. The number of nitrogens with one attached hydrogen (secondary N) is 2.